The first-order valence-electron chi connectivity index (χ1n) is 6.21. The molecule has 0 spiro atoms. The van der Waals surface area contributed by atoms with Gasteiger partial charge in [-0.15, -0.1) is 11.3 Å². The fourth-order valence-corrected chi connectivity index (χ4v) is 4.61. The second-order valence-corrected chi connectivity index (χ2v) is 7.72. The van der Waals surface area contributed by atoms with Gasteiger partial charge in [0, 0.05) is 18.0 Å². The molecule has 0 atom stereocenters. The molecule has 19 heavy (non-hydrogen) atoms. The number of aryl methyl sites for hydroxylation is 1. The van der Waals surface area contributed by atoms with Crippen molar-refractivity contribution in [3.05, 3.63) is 15.8 Å². The number of primary sulfonamides is 1. The zero-order valence-corrected chi connectivity index (χ0v) is 12.7. The van der Waals surface area contributed by atoms with Crippen molar-refractivity contribution in [1.29, 1.82) is 0 Å². The third-order valence-electron chi connectivity index (χ3n) is 3.58. The maximum Gasteiger partial charge on any atom is 0.263 e. The molecule has 7 heteroatoms. The smallest absolute Gasteiger partial charge is 0.263 e. The van der Waals surface area contributed by atoms with Crippen LogP contribution in [-0.2, 0) is 10.0 Å². The molecule has 0 unspecified atom stereocenters. The quantitative estimate of drug-likeness (QED) is 0.923. The minimum atomic E-state index is -3.75. The van der Waals surface area contributed by atoms with Crippen LogP contribution in [0.3, 0.4) is 0 Å². The zero-order valence-electron chi connectivity index (χ0n) is 11.0. The summed E-state index contributed by atoms with van der Waals surface area (Å²) in [4.78, 5) is 15.1. The molecular weight excluding hydrogens is 284 g/mol. The Labute approximate surface area is 117 Å². The molecule has 0 saturated heterocycles. The Bertz CT molecular complexity index is 586. The summed E-state index contributed by atoms with van der Waals surface area (Å²) >= 11 is 1.19. The van der Waals surface area contributed by atoms with Crippen LogP contribution in [0.15, 0.2) is 11.0 Å². The number of carbonyl (C=O) groups excluding carboxylic acids is 1. The molecule has 1 saturated carbocycles. The third kappa shape index (κ3) is 2.98. The highest BCUT2D eigenvalue weighted by Gasteiger charge is 2.27. The van der Waals surface area contributed by atoms with Gasteiger partial charge in [-0.1, -0.05) is 12.8 Å². The highest BCUT2D eigenvalue weighted by molar-refractivity contribution is 7.89. The summed E-state index contributed by atoms with van der Waals surface area (Å²) in [5, 5.41) is 5.12. The van der Waals surface area contributed by atoms with Crippen molar-refractivity contribution >= 4 is 27.3 Å². The predicted molar refractivity (Wildman–Crippen MR) is 74.8 cm³/mol. The minimum Gasteiger partial charge on any atom is -0.338 e. The lowest BCUT2D eigenvalue weighted by Crippen LogP contribution is -2.34. The van der Waals surface area contributed by atoms with Gasteiger partial charge in [0.25, 0.3) is 5.91 Å². The maximum absolute atomic E-state index is 12.3. The number of nitrogens with zero attached hydrogens (tertiary/aromatic N) is 1. The lowest BCUT2D eigenvalue weighted by Gasteiger charge is -2.23. The van der Waals surface area contributed by atoms with Crippen LogP contribution in [0.4, 0.5) is 0 Å². The molecular formula is C12H18N2O3S2. The van der Waals surface area contributed by atoms with Gasteiger partial charge in [0.2, 0.25) is 10.0 Å². The van der Waals surface area contributed by atoms with E-state index < -0.39 is 10.0 Å². The largest absolute Gasteiger partial charge is 0.338 e. The normalized spacial score (nSPS) is 16.8. The van der Waals surface area contributed by atoms with E-state index in [9.17, 15) is 13.2 Å². The van der Waals surface area contributed by atoms with Gasteiger partial charge in [0.05, 0.1) is 9.77 Å². The summed E-state index contributed by atoms with van der Waals surface area (Å²) in [5.74, 6) is -0.116. The fourth-order valence-electron chi connectivity index (χ4n) is 2.48. The summed E-state index contributed by atoms with van der Waals surface area (Å²) in [6.07, 6.45) is 4.34. The van der Waals surface area contributed by atoms with Gasteiger partial charge >= 0.3 is 0 Å². The summed E-state index contributed by atoms with van der Waals surface area (Å²) in [6.45, 7) is 1.66. The molecule has 1 amide bonds. The zero-order chi connectivity index (χ0) is 14.2. The highest BCUT2D eigenvalue weighted by Crippen LogP contribution is 2.28. The first kappa shape index (κ1) is 14.5. The summed E-state index contributed by atoms with van der Waals surface area (Å²) in [6, 6.07) is 1.66. The Kier molecular flexibility index (Phi) is 3.98. The van der Waals surface area contributed by atoms with E-state index in [1.54, 1.807) is 18.9 Å². The van der Waals surface area contributed by atoms with Crippen molar-refractivity contribution in [1.82, 2.24) is 4.90 Å². The minimum absolute atomic E-state index is 0.0562. The standard InChI is InChI=1S/C12H18N2O3S2/c1-8-11(19(13,16)17)7-10(18-8)12(15)14(2)9-5-3-4-6-9/h7,9H,3-6H2,1-2H3,(H2,13,16,17). The van der Waals surface area contributed by atoms with Crippen LogP contribution in [-0.4, -0.2) is 32.3 Å². The van der Waals surface area contributed by atoms with Crippen LogP contribution < -0.4 is 5.14 Å². The van der Waals surface area contributed by atoms with Crippen molar-refractivity contribution in [2.24, 2.45) is 5.14 Å². The number of amides is 1. The van der Waals surface area contributed by atoms with E-state index in [4.69, 9.17) is 5.14 Å². The molecule has 5 nitrogen and oxygen atoms in total. The third-order valence-corrected chi connectivity index (χ3v) is 5.79. The molecule has 0 aliphatic heterocycles. The number of carbonyl (C=O) groups is 1. The van der Waals surface area contributed by atoms with Crippen molar-refractivity contribution < 1.29 is 13.2 Å². The van der Waals surface area contributed by atoms with Crippen LogP contribution in [0, 0.1) is 6.92 Å². The van der Waals surface area contributed by atoms with Crippen molar-refractivity contribution in [2.75, 3.05) is 7.05 Å². The molecule has 2 N–H and O–H groups in total. The van der Waals surface area contributed by atoms with Gasteiger partial charge in [-0.3, -0.25) is 4.79 Å². The Balaban J connectivity index is 2.25. The summed E-state index contributed by atoms with van der Waals surface area (Å²) < 4.78 is 22.8. The van der Waals surface area contributed by atoms with Crippen LogP contribution in [0.5, 0.6) is 0 Å². The van der Waals surface area contributed by atoms with Crippen molar-refractivity contribution in [3.8, 4) is 0 Å². The second kappa shape index (κ2) is 5.22. The Morgan fingerprint density at radius 1 is 1.42 bits per heavy atom. The molecule has 106 valence electrons. The monoisotopic (exact) mass is 302 g/mol. The lowest BCUT2D eigenvalue weighted by atomic mass is 10.2. The number of thiophene rings is 1. The van der Waals surface area contributed by atoms with Crippen LogP contribution in [0.1, 0.15) is 40.2 Å². The average molecular weight is 302 g/mol. The maximum atomic E-state index is 12.3. The molecule has 1 aromatic rings. The lowest BCUT2D eigenvalue weighted by molar-refractivity contribution is 0.0740. The van der Waals surface area contributed by atoms with E-state index in [2.05, 4.69) is 0 Å². The van der Waals surface area contributed by atoms with E-state index >= 15 is 0 Å². The molecule has 1 aromatic heterocycles. The number of hydrogen-bond donors (Lipinski definition) is 1. The van der Waals surface area contributed by atoms with Gasteiger partial charge in [0.15, 0.2) is 0 Å². The van der Waals surface area contributed by atoms with E-state index in [-0.39, 0.29) is 16.8 Å². The Morgan fingerprint density at radius 2 is 2.00 bits per heavy atom. The van der Waals surface area contributed by atoms with Gasteiger partial charge in [-0.05, 0) is 25.8 Å². The van der Waals surface area contributed by atoms with Crippen LogP contribution in [0.25, 0.3) is 0 Å². The van der Waals surface area contributed by atoms with Crippen molar-refractivity contribution in [3.63, 3.8) is 0 Å². The average Bonchev–Trinajstić information content (AvgIpc) is 2.94. The predicted octanol–water partition coefficient (Wildman–Crippen LogP) is 1.72. The number of hydrogen-bond acceptors (Lipinski definition) is 4. The topological polar surface area (TPSA) is 80.5 Å². The van der Waals surface area contributed by atoms with Gasteiger partial charge in [-0.2, -0.15) is 0 Å². The van der Waals surface area contributed by atoms with E-state index in [1.807, 2.05) is 0 Å². The number of sulfonamides is 1. The van der Waals surface area contributed by atoms with Gasteiger partial charge in [-0.25, -0.2) is 13.6 Å². The molecule has 1 fully saturated rings. The molecule has 0 radical (unpaired) electrons. The molecule has 2 rings (SSSR count). The Hall–Kier alpha value is -0.920. The molecule has 1 heterocycles. The highest BCUT2D eigenvalue weighted by atomic mass is 32.2. The SMILES string of the molecule is Cc1sc(C(=O)N(C)C2CCCC2)cc1S(N)(=O)=O. The summed E-state index contributed by atoms with van der Waals surface area (Å²) in [5.41, 5.74) is 0. The van der Waals surface area contributed by atoms with Gasteiger partial charge < -0.3 is 4.90 Å². The van der Waals surface area contributed by atoms with E-state index in [1.165, 1.54) is 17.4 Å². The number of nitrogens with two attached hydrogens (primary N) is 1. The molecule has 0 aromatic carbocycles. The van der Waals surface area contributed by atoms with E-state index in [0.717, 1.165) is 25.7 Å². The summed E-state index contributed by atoms with van der Waals surface area (Å²) in [7, 11) is -1.97. The van der Waals surface area contributed by atoms with Gasteiger partial charge in [0.1, 0.15) is 0 Å². The van der Waals surface area contributed by atoms with Crippen LogP contribution in [0.2, 0.25) is 0 Å². The fraction of sp³-hybridized carbons (Fsp3) is 0.583. The first-order chi connectivity index (χ1) is 8.80. The van der Waals surface area contributed by atoms with Crippen LogP contribution >= 0.6 is 11.3 Å². The molecule has 1 aliphatic carbocycles. The van der Waals surface area contributed by atoms with E-state index in [0.29, 0.717) is 9.75 Å². The Morgan fingerprint density at radius 3 is 2.47 bits per heavy atom. The number of rotatable bonds is 3. The van der Waals surface area contributed by atoms with Crippen molar-refractivity contribution in [2.45, 2.75) is 43.5 Å². The first-order valence-corrected chi connectivity index (χ1v) is 8.57. The molecule has 0 bridgehead atoms. The second-order valence-electron chi connectivity index (χ2n) is 4.93. The molecule has 1 aliphatic rings.